The van der Waals surface area contributed by atoms with Crippen molar-refractivity contribution < 1.29 is 19.0 Å². The smallest absolute Gasteiger partial charge is 0.255 e. The molecule has 0 aliphatic carbocycles. The van der Waals surface area contributed by atoms with Crippen LogP contribution in [0.4, 0.5) is 5.69 Å². The van der Waals surface area contributed by atoms with Gasteiger partial charge >= 0.3 is 0 Å². The molecule has 0 saturated heterocycles. The molecule has 1 N–H and O–H groups in total. The summed E-state index contributed by atoms with van der Waals surface area (Å²) in [7, 11) is 1.64. The van der Waals surface area contributed by atoms with E-state index < -0.39 is 0 Å². The van der Waals surface area contributed by atoms with Gasteiger partial charge in [-0.05, 0) is 29.8 Å². The summed E-state index contributed by atoms with van der Waals surface area (Å²) in [5.74, 6) is 1.19. The van der Waals surface area contributed by atoms with Crippen molar-refractivity contribution in [1.29, 1.82) is 0 Å². The maximum absolute atomic E-state index is 12.2. The van der Waals surface area contributed by atoms with E-state index >= 15 is 0 Å². The molecule has 0 aromatic heterocycles. The van der Waals surface area contributed by atoms with Crippen molar-refractivity contribution in [2.75, 3.05) is 25.6 Å². The fourth-order valence-electron chi connectivity index (χ4n) is 2.24. The van der Waals surface area contributed by atoms with Gasteiger partial charge in [-0.1, -0.05) is 12.1 Å². The average Bonchev–Trinajstić information content (AvgIpc) is 2.56. The van der Waals surface area contributed by atoms with Crippen LogP contribution in [0.3, 0.4) is 0 Å². The lowest BCUT2D eigenvalue weighted by Crippen LogP contribution is -2.16. The molecular weight excluding hydrogens is 282 g/mol. The first kappa shape index (κ1) is 14.4. The Morgan fingerprint density at radius 2 is 1.82 bits per heavy atom. The number of hydrogen-bond donors (Lipinski definition) is 1. The number of fused-ring (bicyclic) bond motifs is 1. The molecule has 22 heavy (non-hydrogen) atoms. The average molecular weight is 299 g/mol. The Hall–Kier alpha value is -2.53. The van der Waals surface area contributed by atoms with Gasteiger partial charge in [-0.3, -0.25) is 4.79 Å². The molecule has 2 aromatic carbocycles. The zero-order chi connectivity index (χ0) is 15.4. The van der Waals surface area contributed by atoms with E-state index in [2.05, 4.69) is 5.32 Å². The fraction of sp³-hybridized carbons (Fsp3) is 0.235. The maximum atomic E-state index is 12.2. The van der Waals surface area contributed by atoms with E-state index in [1.807, 2.05) is 12.1 Å². The highest BCUT2D eigenvalue weighted by Crippen LogP contribution is 2.32. The predicted octanol–water partition coefficient (Wildman–Crippen LogP) is 2.86. The van der Waals surface area contributed by atoms with Crippen LogP contribution in [-0.2, 0) is 11.3 Å². The number of nitrogens with one attached hydrogen (secondary N) is 1. The van der Waals surface area contributed by atoms with E-state index in [0.29, 0.717) is 42.6 Å². The molecular formula is C17H17NO4. The van der Waals surface area contributed by atoms with Crippen LogP contribution in [-0.4, -0.2) is 26.2 Å². The number of amides is 1. The van der Waals surface area contributed by atoms with Crippen molar-refractivity contribution >= 4 is 11.6 Å². The van der Waals surface area contributed by atoms with Crippen LogP contribution in [0.25, 0.3) is 0 Å². The normalized spacial score (nSPS) is 12.8. The molecule has 0 saturated carbocycles. The number of rotatable bonds is 4. The minimum absolute atomic E-state index is 0.166. The molecule has 1 amide bonds. The minimum atomic E-state index is -0.166. The summed E-state index contributed by atoms with van der Waals surface area (Å²) in [5, 5.41) is 2.85. The first-order valence-corrected chi connectivity index (χ1v) is 7.05. The summed E-state index contributed by atoms with van der Waals surface area (Å²) in [6, 6.07) is 12.7. The largest absolute Gasteiger partial charge is 0.486 e. The highest BCUT2D eigenvalue weighted by atomic mass is 16.6. The van der Waals surface area contributed by atoms with E-state index in [1.54, 1.807) is 37.4 Å². The van der Waals surface area contributed by atoms with Crippen LogP contribution < -0.4 is 14.8 Å². The zero-order valence-electron chi connectivity index (χ0n) is 12.3. The summed E-state index contributed by atoms with van der Waals surface area (Å²) < 4.78 is 16.0. The van der Waals surface area contributed by atoms with Crippen molar-refractivity contribution in [2.45, 2.75) is 6.61 Å². The van der Waals surface area contributed by atoms with Gasteiger partial charge in [-0.15, -0.1) is 0 Å². The molecule has 0 bridgehead atoms. The number of anilines is 1. The number of ether oxygens (including phenoxy) is 3. The molecule has 0 radical (unpaired) electrons. The summed E-state index contributed by atoms with van der Waals surface area (Å²) in [6.07, 6.45) is 0. The lowest BCUT2D eigenvalue weighted by molar-refractivity contribution is 0.102. The Kier molecular flexibility index (Phi) is 4.25. The van der Waals surface area contributed by atoms with Gasteiger partial charge in [0.15, 0.2) is 11.5 Å². The van der Waals surface area contributed by atoms with Crippen LogP contribution in [0.5, 0.6) is 11.5 Å². The minimum Gasteiger partial charge on any atom is -0.486 e. The van der Waals surface area contributed by atoms with E-state index in [0.717, 1.165) is 5.56 Å². The van der Waals surface area contributed by atoms with Crippen LogP contribution in [0, 0.1) is 0 Å². The molecule has 0 unspecified atom stereocenters. The van der Waals surface area contributed by atoms with Crippen LogP contribution >= 0.6 is 0 Å². The van der Waals surface area contributed by atoms with E-state index in [9.17, 15) is 4.79 Å². The topological polar surface area (TPSA) is 56.8 Å². The van der Waals surface area contributed by atoms with Crippen molar-refractivity contribution in [3.05, 3.63) is 53.6 Å². The second-order valence-electron chi connectivity index (χ2n) is 4.94. The van der Waals surface area contributed by atoms with Gasteiger partial charge in [0.1, 0.15) is 13.2 Å². The van der Waals surface area contributed by atoms with E-state index in [-0.39, 0.29) is 5.91 Å². The van der Waals surface area contributed by atoms with Crippen LogP contribution in [0.1, 0.15) is 15.9 Å². The van der Waals surface area contributed by atoms with E-state index in [1.165, 1.54) is 0 Å². The summed E-state index contributed by atoms with van der Waals surface area (Å²) >= 11 is 0. The number of carbonyl (C=O) groups is 1. The Morgan fingerprint density at radius 1 is 1.09 bits per heavy atom. The second kappa shape index (κ2) is 6.49. The molecule has 1 heterocycles. The van der Waals surface area contributed by atoms with Gasteiger partial charge in [0.25, 0.3) is 5.91 Å². The molecule has 1 aliphatic heterocycles. The first-order chi connectivity index (χ1) is 10.8. The molecule has 1 aliphatic rings. The van der Waals surface area contributed by atoms with Gasteiger partial charge < -0.3 is 19.5 Å². The first-order valence-electron chi connectivity index (χ1n) is 7.05. The summed E-state index contributed by atoms with van der Waals surface area (Å²) in [5.41, 5.74) is 2.29. The third kappa shape index (κ3) is 3.20. The van der Waals surface area contributed by atoms with Gasteiger partial charge in [0.2, 0.25) is 0 Å². The standard InChI is InChI=1S/C17H17NO4/c1-20-11-12-2-4-13(5-3-12)17(19)18-14-6-7-15-16(10-14)22-9-8-21-15/h2-7,10H,8-9,11H2,1H3,(H,18,19). The Morgan fingerprint density at radius 3 is 2.55 bits per heavy atom. The molecule has 5 heteroatoms. The van der Waals surface area contributed by atoms with Gasteiger partial charge in [-0.25, -0.2) is 0 Å². The van der Waals surface area contributed by atoms with Crippen molar-refractivity contribution in [2.24, 2.45) is 0 Å². The zero-order valence-corrected chi connectivity index (χ0v) is 12.3. The Labute approximate surface area is 128 Å². The third-order valence-electron chi connectivity index (χ3n) is 3.33. The number of carbonyl (C=O) groups excluding carboxylic acids is 1. The van der Waals surface area contributed by atoms with Crippen molar-refractivity contribution in [3.8, 4) is 11.5 Å². The van der Waals surface area contributed by atoms with Gasteiger partial charge in [0, 0.05) is 24.4 Å². The highest BCUT2D eigenvalue weighted by Gasteiger charge is 2.13. The van der Waals surface area contributed by atoms with Crippen LogP contribution in [0.2, 0.25) is 0 Å². The van der Waals surface area contributed by atoms with Gasteiger partial charge in [-0.2, -0.15) is 0 Å². The lowest BCUT2D eigenvalue weighted by Gasteiger charge is -2.19. The monoisotopic (exact) mass is 299 g/mol. The van der Waals surface area contributed by atoms with Crippen molar-refractivity contribution in [1.82, 2.24) is 0 Å². The summed E-state index contributed by atoms with van der Waals surface area (Å²) in [4.78, 5) is 12.2. The Balaban J connectivity index is 1.71. The quantitative estimate of drug-likeness (QED) is 0.943. The van der Waals surface area contributed by atoms with E-state index in [4.69, 9.17) is 14.2 Å². The van der Waals surface area contributed by atoms with Crippen molar-refractivity contribution in [3.63, 3.8) is 0 Å². The SMILES string of the molecule is COCc1ccc(C(=O)Nc2ccc3c(c2)OCCO3)cc1. The molecule has 2 aromatic rings. The molecule has 3 rings (SSSR count). The maximum Gasteiger partial charge on any atom is 0.255 e. The number of benzene rings is 2. The Bertz CT molecular complexity index is 667. The molecule has 0 fully saturated rings. The third-order valence-corrected chi connectivity index (χ3v) is 3.33. The van der Waals surface area contributed by atoms with Crippen LogP contribution in [0.15, 0.2) is 42.5 Å². The molecule has 0 spiro atoms. The molecule has 114 valence electrons. The van der Waals surface area contributed by atoms with Gasteiger partial charge in [0.05, 0.1) is 6.61 Å². The number of methoxy groups -OCH3 is 1. The highest BCUT2D eigenvalue weighted by molar-refractivity contribution is 6.04. The predicted molar refractivity (Wildman–Crippen MR) is 82.5 cm³/mol. The summed E-state index contributed by atoms with van der Waals surface area (Å²) in [6.45, 7) is 1.60. The molecule has 5 nitrogen and oxygen atoms in total. The lowest BCUT2D eigenvalue weighted by atomic mass is 10.1. The number of hydrogen-bond acceptors (Lipinski definition) is 4. The second-order valence-corrected chi connectivity index (χ2v) is 4.94. The fourth-order valence-corrected chi connectivity index (χ4v) is 2.24. The molecule has 0 atom stereocenters.